The first-order valence-corrected chi connectivity index (χ1v) is 7.04. The van der Waals surface area contributed by atoms with Crippen molar-refractivity contribution in [2.24, 2.45) is 0 Å². The molecule has 118 valence electrons. The van der Waals surface area contributed by atoms with E-state index in [1.807, 2.05) is 0 Å². The second-order valence-electron chi connectivity index (χ2n) is 4.66. The predicted molar refractivity (Wildman–Crippen MR) is 77.5 cm³/mol. The number of carbonyl (C=O) groups is 2. The van der Waals surface area contributed by atoms with Crippen LogP contribution in [0.1, 0.15) is 19.4 Å². The lowest BCUT2D eigenvalue weighted by molar-refractivity contribution is -0.165. The Morgan fingerprint density at radius 1 is 1.18 bits per heavy atom. The monoisotopic (exact) mass is 306 g/mol. The van der Waals surface area contributed by atoms with E-state index < -0.39 is 17.5 Å². The van der Waals surface area contributed by atoms with Gasteiger partial charge in [-0.25, -0.2) is 9.59 Å². The van der Waals surface area contributed by atoms with E-state index in [9.17, 15) is 14.7 Å². The van der Waals surface area contributed by atoms with Crippen LogP contribution in [-0.2, 0) is 23.8 Å². The Balaban J connectivity index is 2.52. The van der Waals surface area contributed by atoms with Gasteiger partial charge in [-0.1, -0.05) is 30.3 Å². The highest BCUT2D eigenvalue weighted by Gasteiger charge is 2.53. The van der Waals surface area contributed by atoms with E-state index in [0.29, 0.717) is 5.56 Å². The molecule has 1 aliphatic heterocycles. The largest absolute Gasteiger partial charge is 0.488 e. The van der Waals surface area contributed by atoms with Crippen LogP contribution in [-0.4, -0.2) is 42.5 Å². The molecule has 0 aromatic heterocycles. The summed E-state index contributed by atoms with van der Waals surface area (Å²) in [4.78, 5) is 24.3. The minimum atomic E-state index is -2.16. The van der Waals surface area contributed by atoms with Gasteiger partial charge in [0.2, 0.25) is 5.60 Å². The molecule has 2 rings (SSSR count). The molecule has 6 nitrogen and oxygen atoms in total. The van der Waals surface area contributed by atoms with Gasteiger partial charge in [0.25, 0.3) is 0 Å². The maximum absolute atomic E-state index is 12.2. The molecule has 0 radical (unpaired) electrons. The lowest BCUT2D eigenvalue weighted by atomic mass is 9.93. The topological polar surface area (TPSA) is 82.1 Å². The van der Waals surface area contributed by atoms with Crippen molar-refractivity contribution in [3.05, 3.63) is 41.5 Å². The number of rotatable bonds is 5. The Kier molecular flexibility index (Phi) is 4.82. The maximum atomic E-state index is 12.2. The molecule has 1 aromatic rings. The molecule has 1 heterocycles. The number of hydrogen-bond acceptors (Lipinski definition) is 6. The summed E-state index contributed by atoms with van der Waals surface area (Å²) < 4.78 is 15.2. The first-order chi connectivity index (χ1) is 10.5. The second-order valence-corrected chi connectivity index (χ2v) is 4.66. The smallest absolute Gasteiger partial charge is 0.346 e. The minimum absolute atomic E-state index is 0.0813. The van der Waals surface area contributed by atoms with Gasteiger partial charge in [-0.2, -0.15) is 0 Å². The molecular weight excluding hydrogens is 288 g/mol. The van der Waals surface area contributed by atoms with Crippen LogP contribution in [0.15, 0.2) is 35.9 Å². The number of hydrogen-bond donors (Lipinski definition) is 1. The highest BCUT2D eigenvalue weighted by molar-refractivity contribution is 6.06. The first-order valence-electron chi connectivity index (χ1n) is 7.04. The molecular formula is C16H18O6. The zero-order valence-electron chi connectivity index (χ0n) is 12.5. The Bertz CT molecular complexity index is 592. The van der Waals surface area contributed by atoms with Crippen LogP contribution >= 0.6 is 0 Å². The highest BCUT2D eigenvalue weighted by atomic mass is 16.6. The summed E-state index contributed by atoms with van der Waals surface area (Å²) in [6.45, 7) is 3.06. The van der Waals surface area contributed by atoms with Crippen molar-refractivity contribution in [3.8, 4) is 0 Å². The molecule has 1 aromatic carbocycles. The molecule has 0 saturated carbocycles. The van der Waals surface area contributed by atoms with Gasteiger partial charge in [-0.3, -0.25) is 0 Å². The average molecular weight is 306 g/mol. The summed E-state index contributed by atoms with van der Waals surface area (Å²) in [5.74, 6) is -1.59. The van der Waals surface area contributed by atoms with Gasteiger partial charge in [0, 0.05) is 5.56 Å². The standard InChI is InChI=1S/C16H18O6/c1-3-20-14(17)12-13(11-8-6-5-7-9-11)22-10-16(12,19)15(18)21-4-2/h5-9,19H,3-4,10H2,1-2H3. The van der Waals surface area contributed by atoms with Crippen molar-refractivity contribution >= 4 is 17.7 Å². The number of ether oxygens (including phenoxy) is 3. The minimum Gasteiger partial charge on any atom is -0.488 e. The Labute approximate surface area is 128 Å². The molecule has 0 bridgehead atoms. The lowest BCUT2D eigenvalue weighted by Crippen LogP contribution is -2.45. The number of benzene rings is 1. The van der Waals surface area contributed by atoms with Crippen LogP contribution in [0, 0.1) is 0 Å². The van der Waals surface area contributed by atoms with Crippen molar-refractivity contribution in [2.75, 3.05) is 19.8 Å². The predicted octanol–water partition coefficient (Wildman–Crippen LogP) is 1.29. The third-order valence-electron chi connectivity index (χ3n) is 3.19. The quantitative estimate of drug-likeness (QED) is 0.825. The van der Waals surface area contributed by atoms with Gasteiger partial charge < -0.3 is 19.3 Å². The molecule has 0 saturated heterocycles. The van der Waals surface area contributed by atoms with E-state index >= 15 is 0 Å². The highest BCUT2D eigenvalue weighted by Crippen LogP contribution is 2.37. The van der Waals surface area contributed by atoms with E-state index in [4.69, 9.17) is 14.2 Å². The number of carbonyl (C=O) groups excluding carboxylic acids is 2. The third kappa shape index (κ3) is 2.82. The molecule has 0 spiro atoms. The Hall–Kier alpha value is -2.34. The summed E-state index contributed by atoms with van der Waals surface area (Å²) in [5, 5.41) is 10.6. The number of esters is 2. The zero-order valence-corrected chi connectivity index (χ0v) is 12.5. The summed E-state index contributed by atoms with van der Waals surface area (Å²) in [6.07, 6.45) is 0. The second kappa shape index (κ2) is 6.62. The van der Waals surface area contributed by atoms with E-state index in [0.717, 1.165) is 0 Å². The maximum Gasteiger partial charge on any atom is 0.346 e. The van der Waals surface area contributed by atoms with Crippen LogP contribution in [0.5, 0.6) is 0 Å². The fourth-order valence-electron chi connectivity index (χ4n) is 2.20. The molecule has 0 aliphatic carbocycles. The summed E-state index contributed by atoms with van der Waals surface area (Å²) in [7, 11) is 0. The van der Waals surface area contributed by atoms with Gasteiger partial charge in [0.1, 0.15) is 17.9 Å². The third-order valence-corrected chi connectivity index (χ3v) is 3.19. The zero-order chi connectivity index (χ0) is 16.2. The van der Waals surface area contributed by atoms with E-state index in [1.165, 1.54) is 0 Å². The fraction of sp³-hybridized carbons (Fsp3) is 0.375. The lowest BCUT2D eigenvalue weighted by Gasteiger charge is -2.20. The molecule has 1 aliphatic rings. The van der Waals surface area contributed by atoms with Gasteiger partial charge in [-0.05, 0) is 13.8 Å². The molecule has 1 unspecified atom stereocenters. The van der Waals surface area contributed by atoms with Gasteiger partial charge in [0.05, 0.1) is 13.2 Å². The van der Waals surface area contributed by atoms with Gasteiger partial charge in [0.15, 0.2) is 0 Å². The normalized spacial score (nSPS) is 20.5. The van der Waals surface area contributed by atoms with Crippen LogP contribution in [0.25, 0.3) is 5.76 Å². The Morgan fingerprint density at radius 2 is 1.82 bits per heavy atom. The summed E-state index contributed by atoms with van der Waals surface area (Å²) >= 11 is 0. The summed E-state index contributed by atoms with van der Waals surface area (Å²) in [5.41, 5.74) is -1.81. The molecule has 6 heteroatoms. The molecule has 0 fully saturated rings. The molecule has 1 atom stereocenters. The van der Waals surface area contributed by atoms with Crippen LogP contribution in [0.4, 0.5) is 0 Å². The molecule has 0 amide bonds. The first kappa shape index (κ1) is 16.0. The van der Waals surface area contributed by atoms with Crippen molar-refractivity contribution < 1.29 is 28.9 Å². The fourth-order valence-corrected chi connectivity index (χ4v) is 2.20. The molecule has 22 heavy (non-hydrogen) atoms. The molecule has 1 N–H and O–H groups in total. The SMILES string of the molecule is CCOC(=O)C1=C(c2ccccc2)OCC1(O)C(=O)OCC. The summed E-state index contributed by atoms with van der Waals surface area (Å²) in [6, 6.07) is 8.75. The van der Waals surface area contributed by atoms with Crippen molar-refractivity contribution in [2.45, 2.75) is 19.4 Å². The van der Waals surface area contributed by atoms with Crippen molar-refractivity contribution in [1.82, 2.24) is 0 Å². The van der Waals surface area contributed by atoms with E-state index in [2.05, 4.69) is 0 Å². The van der Waals surface area contributed by atoms with Crippen molar-refractivity contribution in [3.63, 3.8) is 0 Å². The van der Waals surface area contributed by atoms with Crippen LogP contribution < -0.4 is 0 Å². The van der Waals surface area contributed by atoms with Crippen LogP contribution in [0.2, 0.25) is 0 Å². The van der Waals surface area contributed by atoms with E-state index in [1.54, 1.807) is 44.2 Å². The number of aliphatic hydroxyl groups is 1. The van der Waals surface area contributed by atoms with Crippen LogP contribution in [0.3, 0.4) is 0 Å². The van der Waals surface area contributed by atoms with Gasteiger partial charge >= 0.3 is 11.9 Å². The van der Waals surface area contributed by atoms with E-state index in [-0.39, 0.29) is 31.2 Å². The van der Waals surface area contributed by atoms with Gasteiger partial charge in [-0.15, -0.1) is 0 Å². The average Bonchev–Trinajstić information content (AvgIpc) is 2.88. The Morgan fingerprint density at radius 3 is 2.41 bits per heavy atom. The van der Waals surface area contributed by atoms with Crippen molar-refractivity contribution in [1.29, 1.82) is 0 Å².